The van der Waals surface area contributed by atoms with Gasteiger partial charge in [-0.3, -0.25) is 4.90 Å². The van der Waals surface area contributed by atoms with Crippen molar-refractivity contribution < 1.29 is 4.42 Å². The molecule has 1 aromatic heterocycles. The van der Waals surface area contributed by atoms with E-state index in [9.17, 15) is 0 Å². The highest BCUT2D eigenvalue weighted by molar-refractivity contribution is 5.24. The van der Waals surface area contributed by atoms with Crippen LogP contribution in [0.2, 0.25) is 0 Å². The Balaban J connectivity index is 1.77. The normalized spacial score (nSPS) is 33.3. The van der Waals surface area contributed by atoms with Crippen LogP contribution in [-0.4, -0.2) is 24.5 Å². The number of piperidine rings is 1. The minimum atomic E-state index is 0.578. The fourth-order valence-corrected chi connectivity index (χ4v) is 3.61. The van der Waals surface area contributed by atoms with Gasteiger partial charge in [0.2, 0.25) is 0 Å². The van der Waals surface area contributed by atoms with Crippen molar-refractivity contribution in [2.24, 2.45) is 17.6 Å². The molecule has 1 aliphatic heterocycles. The van der Waals surface area contributed by atoms with E-state index < -0.39 is 0 Å². The summed E-state index contributed by atoms with van der Waals surface area (Å²) in [6.07, 6.45) is 6.79. The van der Waals surface area contributed by atoms with E-state index in [2.05, 4.69) is 17.9 Å². The minimum Gasteiger partial charge on any atom is -0.469 e. The molecule has 3 rings (SSSR count). The van der Waals surface area contributed by atoms with Gasteiger partial charge in [0.25, 0.3) is 0 Å². The molecule has 1 aliphatic carbocycles. The molecule has 1 aromatic rings. The molecule has 1 saturated heterocycles. The predicted molar refractivity (Wildman–Crippen MR) is 72.3 cm³/mol. The number of nitrogens with zero attached hydrogens (tertiary/aromatic N) is 1. The summed E-state index contributed by atoms with van der Waals surface area (Å²) >= 11 is 0. The summed E-state index contributed by atoms with van der Waals surface area (Å²) in [5, 5.41) is 0. The van der Waals surface area contributed by atoms with Crippen LogP contribution >= 0.6 is 0 Å². The van der Waals surface area contributed by atoms with Crippen LogP contribution in [-0.2, 0) is 6.42 Å². The Morgan fingerprint density at radius 1 is 1.44 bits per heavy atom. The Kier molecular flexibility index (Phi) is 3.44. The molecular formula is C15H24N2O. The van der Waals surface area contributed by atoms with E-state index in [0.29, 0.717) is 12.0 Å². The molecule has 0 amide bonds. The first-order chi connectivity index (χ1) is 8.79. The number of likely N-dealkylation sites (tertiary alicyclic amines) is 1. The first kappa shape index (κ1) is 12.2. The summed E-state index contributed by atoms with van der Waals surface area (Å²) in [6, 6.07) is 2.75. The third-order valence-electron chi connectivity index (χ3n) is 4.91. The molecule has 0 radical (unpaired) electrons. The summed E-state index contributed by atoms with van der Waals surface area (Å²) in [7, 11) is 0. The van der Waals surface area contributed by atoms with E-state index in [1.165, 1.54) is 37.1 Å². The van der Waals surface area contributed by atoms with Gasteiger partial charge < -0.3 is 10.2 Å². The zero-order chi connectivity index (χ0) is 12.5. The van der Waals surface area contributed by atoms with Gasteiger partial charge >= 0.3 is 0 Å². The molecule has 3 atom stereocenters. The Hall–Kier alpha value is -0.800. The van der Waals surface area contributed by atoms with Gasteiger partial charge in [-0.2, -0.15) is 0 Å². The Morgan fingerprint density at radius 2 is 2.33 bits per heavy atom. The van der Waals surface area contributed by atoms with Crippen LogP contribution in [0.15, 0.2) is 16.7 Å². The number of aryl methyl sites for hydroxylation is 1. The lowest BCUT2D eigenvalue weighted by atomic mass is 9.84. The SMILES string of the molecule is CC1CCN(C2CCCc3occc32)CC1CN. The molecule has 100 valence electrons. The largest absolute Gasteiger partial charge is 0.469 e. The number of hydrogen-bond donors (Lipinski definition) is 1. The molecule has 3 unspecified atom stereocenters. The lowest BCUT2D eigenvalue weighted by molar-refractivity contribution is 0.0812. The Labute approximate surface area is 109 Å². The summed E-state index contributed by atoms with van der Waals surface area (Å²) in [5.41, 5.74) is 7.35. The van der Waals surface area contributed by atoms with Gasteiger partial charge in [-0.15, -0.1) is 0 Å². The molecule has 2 N–H and O–H groups in total. The lowest BCUT2D eigenvalue weighted by Crippen LogP contribution is -2.44. The van der Waals surface area contributed by atoms with E-state index in [1.807, 2.05) is 6.26 Å². The first-order valence-electron chi connectivity index (χ1n) is 7.30. The van der Waals surface area contributed by atoms with Crippen LogP contribution < -0.4 is 5.73 Å². The molecule has 1 fully saturated rings. The lowest BCUT2D eigenvalue weighted by Gasteiger charge is -2.42. The maximum Gasteiger partial charge on any atom is 0.108 e. The van der Waals surface area contributed by atoms with Crippen LogP contribution in [0.4, 0.5) is 0 Å². The van der Waals surface area contributed by atoms with Gasteiger partial charge in [-0.05, 0) is 50.3 Å². The highest BCUT2D eigenvalue weighted by Crippen LogP contribution is 2.37. The van der Waals surface area contributed by atoms with Crippen LogP contribution in [0.5, 0.6) is 0 Å². The van der Waals surface area contributed by atoms with Gasteiger partial charge in [0.05, 0.1) is 6.26 Å². The van der Waals surface area contributed by atoms with Gasteiger partial charge in [-0.25, -0.2) is 0 Å². The molecule has 18 heavy (non-hydrogen) atoms. The molecule has 0 spiro atoms. The van der Waals surface area contributed by atoms with Crippen molar-refractivity contribution in [3.05, 3.63) is 23.7 Å². The zero-order valence-electron chi connectivity index (χ0n) is 11.3. The summed E-state index contributed by atoms with van der Waals surface area (Å²) in [5.74, 6) is 2.66. The second-order valence-corrected chi connectivity index (χ2v) is 5.96. The number of nitrogens with two attached hydrogens (primary N) is 1. The van der Waals surface area contributed by atoms with Gasteiger partial charge in [0.1, 0.15) is 5.76 Å². The average Bonchev–Trinajstić information content (AvgIpc) is 2.87. The molecule has 2 aliphatic rings. The highest BCUT2D eigenvalue weighted by atomic mass is 16.3. The Morgan fingerprint density at radius 3 is 3.17 bits per heavy atom. The fourth-order valence-electron chi connectivity index (χ4n) is 3.61. The highest BCUT2D eigenvalue weighted by Gasteiger charge is 2.33. The van der Waals surface area contributed by atoms with E-state index in [4.69, 9.17) is 10.2 Å². The van der Waals surface area contributed by atoms with E-state index >= 15 is 0 Å². The second kappa shape index (κ2) is 5.06. The van der Waals surface area contributed by atoms with Crippen LogP contribution in [0.1, 0.15) is 43.6 Å². The van der Waals surface area contributed by atoms with E-state index in [0.717, 1.165) is 25.4 Å². The topological polar surface area (TPSA) is 42.4 Å². The molecule has 3 heteroatoms. The first-order valence-corrected chi connectivity index (χ1v) is 7.30. The fraction of sp³-hybridized carbons (Fsp3) is 0.733. The predicted octanol–water partition coefficient (Wildman–Crippen LogP) is 2.57. The molecule has 3 nitrogen and oxygen atoms in total. The van der Waals surface area contributed by atoms with Crippen molar-refractivity contribution >= 4 is 0 Å². The average molecular weight is 248 g/mol. The molecular weight excluding hydrogens is 224 g/mol. The second-order valence-electron chi connectivity index (χ2n) is 5.96. The quantitative estimate of drug-likeness (QED) is 0.874. The van der Waals surface area contributed by atoms with Crippen molar-refractivity contribution in [3.8, 4) is 0 Å². The zero-order valence-corrected chi connectivity index (χ0v) is 11.3. The Bertz CT molecular complexity index is 401. The molecule has 0 aromatic carbocycles. The van der Waals surface area contributed by atoms with Crippen LogP contribution in [0, 0.1) is 11.8 Å². The maximum absolute atomic E-state index is 5.91. The number of hydrogen-bond acceptors (Lipinski definition) is 3. The minimum absolute atomic E-state index is 0.578. The molecule has 2 heterocycles. The number of fused-ring (bicyclic) bond motifs is 1. The summed E-state index contributed by atoms with van der Waals surface area (Å²) in [4.78, 5) is 2.64. The van der Waals surface area contributed by atoms with Crippen molar-refractivity contribution in [1.29, 1.82) is 0 Å². The molecule has 0 bridgehead atoms. The monoisotopic (exact) mass is 248 g/mol. The van der Waals surface area contributed by atoms with Gasteiger partial charge in [-0.1, -0.05) is 6.92 Å². The third-order valence-corrected chi connectivity index (χ3v) is 4.91. The number of rotatable bonds is 2. The van der Waals surface area contributed by atoms with Gasteiger partial charge in [0.15, 0.2) is 0 Å². The van der Waals surface area contributed by atoms with Crippen molar-refractivity contribution in [2.45, 2.75) is 38.6 Å². The van der Waals surface area contributed by atoms with Crippen LogP contribution in [0.25, 0.3) is 0 Å². The summed E-state index contributed by atoms with van der Waals surface area (Å²) < 4.78 is 5.60. The maximum atomic E-state index is 5.91. The standard InChI is InChI=1S/C15H24N2O/c1-11-5-7-17(10-12(11)9-16)14-3-2-4-15-13(14)6-8-18-15/h6,8,11-12,14H,2-5,7,9-10,16H2,1H3. The third kappa shape index (κ3) is 2.10. The van der Waals surface area contributed by atoms with Crippen molar-refractivity contribution in [2.75, 3.05) is 19.6 Å². The number of furan rings is 1. The summed E-state index contributed by atoms with van der Waals surface area (Å²) in [6.45, 7) is 5.54. The van der Waals surface area contributed by atoms with Crippen molar-refractivity contribution in [1.82, 2.24) is 4.90 Å². The smallest absolute Gasteiger partial charge is 0.108 e. The van der Waals surface area contributed by atoms with Crippen LogP contribution in [0.3, 0.4) is 0 Å². The molecule has 0 saturated carbocycles. The van der Waals surface area contributed by atoms with Gasteiger partial charge in [0, 0.05) is 24.6 Å². The van der Waals surface area contributed by atoms with Crippen molar-refractivity contribution in [3.63, 3.8) is 0 Å². The van der Waals surface area contributed by atoms with E-state index in [1.54, 1.807) is 0 Å². The van der Waals surface area contributed by atoms with E-state index in [-0.39, 0.29) is 0 Å².